The van der Waals surface area contributed by atoms with Crippen molar-refractivity contribution in [2.45, 2.75) is 83.0 Å². The van der Waals surface area contributed by atoms with Crippen molar-refractivity contribution in [3.8, 4) is 0 Å². The van der Waals surface area contributed by atoms with E-state index in [1.165, 1.54) is 19.3 Å². The molecule has 3 unspecified atom stereocenters. The van der Waals surface area contributed by atoms with E-state index in [-0.39, 0.29) is 12.8 Å². The Balaban J connectivity index is 4.25. The first-order chi connectivity index (χ1) is 12.0. The van der Waals surface area contributed by atoms with Crippen molar-refractivity contribution in [3.05, 3.63) is 0 Å². The van der Waals surface area contributed by atoms with E-state index in [9.17, 15) is 19.8 Å². The van der Waals surface area contributed by atoms with E-state index in [2.05, 4.69) is 6.92 Å². The lowest BCUT2D eigenvalue weighted by atomic mass is 10.0. The number of carboxylic acids is 1. The van der Waals surface area contributed by atoms with E-state index in [0.717, 1.165) is 19.3 Å². The fourth-order valence-corrected chi connectivity index (χ4v) is 2.82. The number of nitrogens with zero attached hydrogens (tertiary/aromatic N) is 1. The first-order valence-electron chi connectivity index (χ1n) is 9.63. The predicted octanol–water partition coefficient (Wildman–Crippen LogP) is 1.94. The van der Waals surface area contributed by atoms with Crippen molar-refractivity contribution >= 4 is 11.9 Å². The van der Waals surface area contributed by atoms with Gasteiger partial charge in [-0.25, -0.2) is 0 Å². The van der Waals surface area contributed by atoms with Crippen LogP contribution in [0.15, 0.2) is 0 Å². The van der Waals surface area contributed by atoms with Crippen LogP contribution in [0.1, 0.15) is 64.7 Å². The van der Waals surface area contributed by atoms with Gasteiger partial charge in [0.2, 0.25) is 0 Å². The molecule has 3 N–H and O–H groups in total. The number of aliphatic hydroxyl groups excluding tert-OH is 2. The zero-order valence-electron chi connectivity index (χ0n) is 16.8. The molecule has 0 aromatic carbocycles. The highest BCUT2D eigenvalue weighted by Crippen LogP contribution is 2.13. The molecule has 0 aliphatic carbocycles. The van der Waals surface area contributed by atoms with Crippen LogP contribution in [0.5, 0.6) is 0 Å². The summed E-state index contributed by atoms with van der Waals surface area (Å²) >= 11 is 0. The zero-order valence-corrected chi connectivity index (χ0v) is 16.8. The predicted molar refractivity (Wildman–Crippen MR) is 99.7 cm³/mol. The van der Waals surface area contributed by atoms with Crippen molar-refractivity contribution in [1.82, 2.24) is 0 Å². The van der Waals surface area contributed by atoms with Gasteiger partial charge in [0.05, 0.1) is 46.2 Å². The third-order valence-electron chi connectivity index (χ3n) is 4.13. The Hall–Kier alpha value is -1.18. The second kappa shape index (κ2) is 13.1. The van der Waals surface area contributed by atoms with Gasteiger partial charge in [0, 0.05) is 0 Å². The van der Waals surface area contributed by atoms with Gasteiger partial charge in [0.1, 0.15) is 6.54 Å². The summed E-state index contributed by atoms with van der Waals surface area (Å²) in [6.45, 7) is 2.51. The fraction of sp³-hybridized carbons (Fsp3) is 0.895. The number of quaternary nitrogens is 1. The van der Waals surface area contributed by atoms with Gasteiger partial charge < -0.3 is 24.5 Å². The van der Waals surface area contributed by atoms with Gasteiger partial charge in [-0.2, -0.15) is 0 Å². The van der Waals surface area contributed by atoms with E-state index < -0.39 is 30.3 Å². The summed E-state index contributed by atoms with van der Waals surface area (Å²) < 4.78 is 5.67. The average molecular weight is 377 g/mol. The molecule has 26 heavy (non-hydrogen) atoms. The summed E-state index contributed by atoms with van der Waals surface area (Å²) in [5.41, 5.74) is 0. The molecular weight excluding hydrogens is 338 g/mol. The number of hydrogen-bond donors (Lipinski definition) is 3. The highest BCUT2D eigenvalue weighted by molar-refractivity contribution is 5.72. The Bertz CT molecular complexity index is 407. The molecular formula is C19H38NO6+. The van der Waals surface area contributed by atoms with Crippen LogP contribution in [-0.4, -0.2) is 77.7 Å². The minimum absolute atomic E-state index is 0.280. The number of likely N-dealkylation sites (N-methyl/N-ethyl adjacent to an activating group) is 1. The Morgan fingerprint density at radius 1 is 0.923 bits per heavy atom. The topological polar surface area (TPSA) is 104 Å². The van der Waals surface area contributed by atoms with E-state index >= 15 is 0 Å². The maximum Gasteiger partial charge on any atom is 0.309 e. The van der Waals surface area contributed by atoms with E-state index in [4.69, 9.17) is 9.84 Å². The second-order valence-electron chi connectivity index (χ2n) is 8.08. The zero-order chi connectivity index (χ0) is 20.2. The normalized spacial score (nSPS) is 15.3. The molecule has 0 rings (SSSR count). The number of carbonyl (C=O) groups is 2. The van der Waals surface area contributed by atoms with E-state index in [0.29, 0.717) is 17.4 Å². The number of rotatable bonds is 15. The maximum absolute atomic E-state index is 12.0. The van der Waals surface area contributed by atoms with Crippen LogP contribution < -0.4 is 0 Å². The van der Waals surface area contributed by atoms with Crippen LogP contribution >= 0.6 is 0 Å². The maximum atomic E-state index is 12.0. The molecule has 0 fully saturated rings. The van der Waals surface area contributed by atoms with Gasteiger partial charge in [-0.15, -0.1) is 0 Å². The lowest BCUT2D eigenvalue weighted by molar-refractivity contribution is -0.873. The Morgan fingerprint density at radius 3 is 2.04 bits per heavy atom. The quantitative estimate of drug-likeness (QED) is 0.229. The molecule has 7 heteroatoms. The standard InChI is InChI=1S/C19H37NO6/c1-5-6-7-8-9-10-11-16(21)17(22)13-19(25)26-15(12-18(23)24)14-20(2,3)4/h15-17,21-22H,5-14H2,1-4H3/p+1. The number of aliphatic hydroxyl groups is 2. The molecule has 0 amide bonds. The molecule has 0 heterocycles. The van der Waals surface area contributed by atoms with Crippen LogP contribution in [-0.2, 0) is 14.3 Å². The van der Waals surface area contributed by atoms with Crippen LogP contribution in [0.3, 0.4) is 0 Å². The lowest BCUT2D eigenvalue weighted by Crippen LogP contribution is -2.44. The fourth-order valence-electron chi connectivity index (χ4n) is 2.82. The molecule has 3 atom stereocenters. The van der Waals surface area contributed by atoms with Crippen molar-refractivity contribution in [3.63, 3.8) is 0 Å². The van der Waals surface area contributed by atoms with Gasteiger partial charge in [-0.3, -0.25) is 9.59 Å². The molecule has 154 valence electrons. The highest BCUT2D eigenvalue weighted by atomic mass is 16.5. The number of carbonyl (C=O) groups excluding carboxylic acids is 1. The summed E-state index contributed by atoms with van der Waals surface area (Å²) in [7, 11) is 5.63. The molecule has 0 spiro atoms. The van der Waals surface area contributed by atoms with Crippen LogP contribution in [0, 0.1) is 0 Å². The third-order valence-corrected chi connectivity index (χ3v) is 4.13. The average Bonchev–Trinajstić information content (AvgIpc) is 2.47. The SMILES string of the molecule is CCCCCCCCC(O)C(O)CC(=O)OC(CC(=O)O)C[N+](C)(C)C. The molecule has 0 saturated carbocycles. The van der Waals surface area contributed by atoms with Gasteiger partial charge >= 0.3 is 11.9 Å². The van der Waals surface area contributed by atoms with Crippen molar-refractivity contribution < 1.29 is 34.1 Å². The summed E-state index contributed by atoms with van der Waals surface area (Å²) in [5.74, 6) is -1.72. The Kier molecular flexibility index (Phi) is 12.5. The number of aliphatic carboxylic acids is 1. The molecule has 0 aromatic rings. The highest BCUT2D eigenvalue weighted by Gasteiger charge is 2.27. The Labute approximate surface area is 157 Å². The molecule has 7 nitrogen and oxygen atoms in total. The molecule has 0 aliphatic heterocycles. The number of esters is 1. The summed E-state index contributed by atoms with van der Waals surface area (Å²) in [4.78, 5) is 22.9. The molecule has 0 aliphatic rings. The van der Waals surface area contributed by atoms with Crippen molar-refractivity contribution in [2.75, 3.05) is 27.7 Å². The number of carboxylic acid groups (broad SMARTS) is 1. The second-order valence-corrected chi connectivity index (χ2v) is 8.08. The van der Waals surface area contributed by atoms with Crippen LogP contribution in [0.25, 0.3) is 0 Å². The summed E-state index contributed by atoms with van der Waals surface area (Å²) in [5, 5.41) is 28.9. The van der Waals surface area contributed by atoms with Gasteiger partial charge in [0.25, 0.3) is 0 Å². The number of hydrogen-bond acceptors (Lipinski definition) is 5. The molecule has 0 saturated heterocycles. The van der Waals surface area contributed by atoms with Crippen molar-refractivity contribution in [2.24, 2.45) is 0 Å². The van der Waals surface area contributed by atoms with Crippen molar-refractivity contribution in [1.29, 1.82) is 0 Å². The van der Waals surface area contributed by atoms with Gasteiger partial charge in [0.15, 0.2) is 6.10 Å². The molecule has 0 radical (unpaired) electrons. The first kappa shape index (κ1) is 24.8. The lowest BCUT2D eigenvalue weighted by Gasteiger charge is -2.28. The summed E-state index contributed by atoms with van der Waals surface area (Å²) in [6, 6.07) is 0. The monoisotopic (exact) mass is 376 g/mol. The van der Waals surface area contributed by atoms with E-state index in [1.54, 1.807) is 0 Å². The van der Waals surface area contributed by atoms with Gasteiger partial charge in [-0.05, 0) is 6.42 Å². The third kappa shape index (κ3) is 14.0. The number of ether oxygens (including phenoxy) is 1. The van der Waals surface area contributed by atoms with Gasteiger partial charge in [-0.1, -0.05) is 45.4 Å². The van der Waals surface area contributed by atoms with Crippen LogP contribution in [0.2, 0.25) is 0 Å². The largest absolute Gasteiger partial charge is 0.481 e. The minimum atomic E-state index is -1.19. The Morgan fingerprint density at radius 2 is 1.50 bits per heavy atom. The number of unbranched alkanes of at least 4 members (excludes halogenated alkanes) is 5. The minimum Gasteiger partial charge on any atom is -0.481 e. The van der Waals surface area contributed by atoms with Crippen LogP contribution in [0.4, 0.5) is 0 Å². The molecule has 0 bridgehead atoms. The summed E-state index contributed by atoms with van der Waals surface area (Å²) in [6.07, 6.45) is 3.40. The smallest absolute Gasteiger partial charge is 0.309 e. The van der Waals surface area contributed by atoms with E-state index in [1.807, 2.05) is 21.1 Å². The molecule has 0 aromatic heterocycles. The first-order valence-corrected chi connectivity index (χ1v) is 9.63.